The van der Waals surface area contributed by atoms with E-state index in [9.17, 15) is 0 Å². The van der Waals surface area contributed by atoms with Crippen molar-refractivity contribution < 1.29 is 0 Å². The van der Waals surface area contributed by atoms with Gasteiger partial charge in [0.15, 0.2) is 0 Å². The van der Waals surface area contributed by atoms with E-state index in [0.717, 1.165) is 74.4 Å². The zero-order valence-electron chi connectivity index (χ0n) is 48.2. The van der Waals surface area contributed by atoms with Crippen molar-refractivity contribution in [2.24, 2.45) is 0 Å². The Kier molecular flexibility index (Phi) is 29.4. The first-order chi connectivity index (χ1) is 33.7. The first kappa shape index (κ1) is 63.6. The van der Waals surface area contributed by atoms with Gasteiger partial charge in [0, 0.05) is 81.7 Å². The third-order valence-electron chi connectivity index (χ3n) is 10.7. The Labute approximate surface area is 434 Å². The molecule has 72 heavy (non-hydrogen) atoms. The van der Waals surface area contributed by atoms with Gasteiger partial charge in [-0.2, -0.15) is 0 Å². The Morgan fingerprint density at radius 2 is 0.806 bits per heavy atom. The van der Waals surface area contributed by atoms with Crippen LogP contribution in [0, 0.1) is 62.3 Å². The topological polar surface area (TPSA) is 180 Å². The van der Waals surface area contributed by atoms with Crippen LogP contribution in [0.5, 0.6) is 0 Å². The molecule has 0 bridgehead atoms. The van der Waals surface area contributed by atoms with Crippen LogP contribution in [0.1, 0.15) is 229 Å². The van der Waals surface area contributed by atoms with E-state index >= 15 is 0 Å². The van der Waals surface area contributed by atoms with E-state index in [1.165, 1.54) is 16.7 Å². The normalized spacial score (nSPS) is 10.5. The maximum absolute atomic E-state index is 4.36. The molecule has 0 fully saturated rings. The molecule has 0 aliphatic carbocycles. The summed E-state index contributed by atoms with van der Waals surface area (Å²) in [6.07, 6.45) is 13.7. The fraction of sp³-hybridized carbons (Fsp3) is 0.517. The van der Waals surface area contributed by atoms with Gasteiger partial charge in [-0.3, -0.25) is 0 Å². The van der Waals surface area contributed by atoms with Gasteiger partial charge in [0.25, 0.3) is 0 Å². The van der Waals surface area contributed by atoms with Gasteiger partial charge in [0.1, 0.15) is 42.8 Å². The van der Waals surface area contributed by atoms with Gasteiger partial charge >= 0.3 is 0 Å². The second kappa shape index (κ2) is 33.3. The van der Waals surface area contributed by atoms with Crippen LogP contribution < -0.4 is 0 Å². The molecule has 14 nitrogen and oxygen atoms in total. The Balaban J connectivity index is 0.000000420. The summed E-state index contributed by atoms with van der Waals surface area (Å²) in [4.78, 5) is 57.7. The third kappa shape index (κ3) is 25.1. The molecule has 7 aromatic heterocycles. The van der Waals surface area contributed by atoms with E-state index in [2.05, 4.69) is 181 Å². The van der Waals surface area contributed by atoms with Crippen LogP contribution in [0.4, 0.5) is 0 Å². The van der Waals surface area contributed by atoms with E-state index < -0.39 is 0 Å². The Morgan fingerprint density at radius 3 is 1.22 bits per heavy atom. The van der Waals surface area contributed by atoms with Crippen LogP contribution >= 0.6 is 0 Å². The number of hydrogen-bond acceptors (Lipinski definition) is 14. The molecule has 0 aliphatic heterocycles. The standard InChI is InChI=1S/3C9H14N2.3C8H12N2.C7H10N2/c1-6(2)9-7(3)8(4)10-5-11-9;1-6(2)9-7(3)5-10-8(4)11-9;1-6(2)9-5-7(3)10-8(4)11-9;1-6(2)8-7(3)4-9-5-10-8;1-6(2)8-4-7(3)9-5-10-8;1-6(2)8-4-5-9-7(3)10-8;1-6(2)7-3-4-8-5-9-7/h3*5-6H,1-4H3;3*4-6H,1-3H3;3-6H,1-2H3. The van der Waals surface area contributed by atoms with Gasteiger partial charge in [-0.1, -0.05) is 96.9 Å². The van der Waals surface area contributed by atoms with Crippen molar-refractivity contribution >= 4 is 0 Å². The fourth-order valence-corrected chi connectivity index (χ4v) is 6.55. The van der Waals surface area contributed by atoms with Crippen LogP contribution in [-0.4, -0.2) is 69.8 Å². The number of rotatable bonds is 7. The molecule has 0 unspecified atom stereocenters. The molecule has 0 saturated carbocycles. The highest BCUT2D eigenvalue weighted by Crippen LogP contribution is 2.18. The Bertz CT molecular complexity index is 2510. The maximum Gasteiger partial charge on any atom is 0.125 e. The quantitative estimate of drug-likeness (QED) is 0.147. The monoisotopic (exact) mass is 981 g/mol. The van der Waals surface area contributed by atoms with Crippen molar-refractivity contribution in [2.45, 2.75) is 201 Å². The van der Waals surface area contributed by atoms with Crippen molar-refractivity contribution in [3.8, 4) is 0 Å². The predicted octanol–water partition coefficient (Wildman–Crippen LogP) is 14.0. The predicted molar refractivity (Wildman–Crippen MR) is 295 cm³/mol. The molecular weight excluding hydrogens is 893 g/mol. The highest BCUT2D eigenvalue weighted by atomic mass is 14.9. The molecule has 390 valence electrons. The van der Waals surface area contributed by atoms with Crippen LogP contribution in [0.3, 0.4) is 0 Å². The van der Waals surface area contributed by atoms with Crippen LogP contribution in [0.15, 0.2) is 74.4 Å². The Hall–Kier alpha value is -6.44. The highest BCUT2D eigenvalue weighted by molar-refractivity contribution is 5.24. The van der Waals surface area contributed by atoms with Gasteiger partial charge in [0.05, 0.1) is 0 Å². The molecule has 7 aromatic rings. The lowest BCUT2D eigenvalue weighted by Crippen LogP contribution is -2.00. The summed E-state index contributed by atoms with van der Waals surface area (Å²) in [6.45, 7) is 47.8. The molecule has 0 spiro atoms. The lowest BCUT2D eigenvalue weighted by Gasteiger charge is -2.08. The van der Waals surface area contributed by atoms with Crippen molar-refractivity contribution in [3.63, 3.8) is 0 Å². The maximum atomic E-state index is 4.36. The van der Waals surface area contributed by atoms with Gasteiger partial charge in [-0.15, -0.1) is 0 Å². The molecule has 0 amide bonds. The van der Waals surface area contributed by atoms with Crippen molar-refractivity contribution in [1.82, 2.24) is 69.8 Å². The number of aromatic nitrogens is 14. The molecule has 0 radical (unpaired) electrons. The molecule has 0 N–H and O–H groups in total. The second-order valence-electron chi connectivity index (χ2n) is 19.9. The lowest BCUT2D eigenvalue weighted by atomic mass is 10.0. The molecular formula is C58H88N14. The number of hydrogen-bond donors (Lipinski definition) is 0. The molecule has 7 heterocycles. The minimum absolute atomic E-state index is 0.496. The summed E-state index contributed by atoms with van der Waals surface area (Å²) in [5, 5.41) is 0. The zero-order chi connectivity index (χ0) is 54.7. The van der Waals surface area contributed by atoms with Crippen molar-refractivity contribution in [1.29, 1.82) is 0 Å². The van der Waals surface area contributed by atoms with E-state index in [1.54, 1.807) is 37.7 Å². The first-order valence-electron chi connectivity index (χ1n) is 25.3. The summed E-state index contributed by atoms with van der Waals surface area (Å²) in [5.74, 6) is 6.09. The summed E-state index contributed by atoms with van der Waals surface area (Å²) < 4.78 is 0. The third-order valence-corrected chi connectivity index (χ3v) is 10.7. The molecule has 14 heteroatoms. The second-order valence-corrected chi connectivity index (χ2v) is 19.9. The van der Waals surface area contributed by atoms with Crippen LogP contribution in [0.2, 0.25) is 0 Å². The number of nitrogens with zero attached hydrogens (tertiary/aromatic N) is 14. The fourth-order valence-electron chi connectivity index (χ4n) is 6.55. The summed E-state index contributed by atoms with van der Waals surface area (Å²) in [6, 6.07) is 7.95. The van der Waals surface area contributed by atoms with Gasteiger partial charge in [0.2, 0.25) is 0 Å². The van der Waals surface area contributed by atoms with Gasteiger partial charge < -0.3 is 0 Å². The van der Waals surface area contributed by atoms with E-state index in [-0.39, 0.29) is 0 Å². The van der Waals surface area contributed by atoms with E-state index in [0.29, 0.717) is 41.4 Å². The SMILES string of the molecule is CC(C)c1ccncn1.Cc1cc(C(C)C)nc(C)n1.Cc1cc(C(C)C)ncn1.Cc1cncnc1C(C)C.Cc1ncc(C)c(C(C)C)n1.Cc1nccc(C(C)C)n1.Cc1ncnc(C(C)C)c1C. The highest BCUT2D eigenvalue weighted by Gasteiger charge is 2.08. The smallest absolute Gasteiger partial charge is 0.125 e. The van der Waals surface area contributed by atoms with Crippen molar-refractivity contribution in [2.75, 3.05) is 0 Å². The average Bonchev–Trinajstić information content (AvgIpc) is 3.32. The van der Waals surface area contributed by atoms with Gasteiger partial charge in [-0.05, 0) is 145 Å². The summed E-state index contributed by atoms with van der Waals surface area (Å²) >= 11 is 0. The van der Waals surface area contributed by atoms with Crippen LogP contribution in [-0.2, 0) is 0 Å². The number of aryl methyl sites for hydroxylation is 8. The van der Waals surface area contributed by atoms with E-state index in [4.69, 9.17) is 0 Å². The average molecular weight is 981 g/mol. The first-order valence-corrected chi connectivity index (χ1v) is 25.3. The molecule has 0 atom stereocenters. The van der Waals surface area contributed by atoms with Crippen LogP contribution in [0.25, 0.3) is 0 Å². The molecule has 7 rings (SSSR count). The molecule has 0 aliphatic rings. The Morgan fingerprint density at radius 1 is 0.319 bits per heavy atom. The largest absolute Gasteiger partial charge is 0.245 e. The van der Waals surface area contributed by atoms with E-state index in [1.807, 2.05) is 85.1 Å². The summed E-state index contributed by atoms with van der Waals surface area (Å²) in [7, 11) is 0. The van der Waals surface area contributed by atoms with Crippen molar-refractivity contribution in [3.05, 3.63) is 165 Å². The summed E-state index contributed by atoms with van der Waals surface area (Å²) in [5.41, 5.74) is 14.7. The minimum atomic E-state index is 0.496. The lowest BCUT2D eigenvalue weighted by molar-refractivity contribution is 0.789. The molecule has 0 aromatic carbocycles. The zero-order valence-corrected chi connectivity index (χ0v) is 48.2. The van der Waals surface area contributed by atoms with Gasteiger partial charge in [-0.25, -0.2) is 69.8 Å². The minimum Gasteiger partial charge on any atom is -0.245 e. The molecule has 0 saturated heterocycles.